The first-order chi connectivity index (χ1) is 10.9. The highest BCUT2D eigenvalue weighted by atomic mass is 16.6. The van der Waals surface area contributed by atoms with Gasteiger partial charge in [0, 0.05) is 32.2 Å². The van der Waals surface area contributed by atoms with Crippen LogP contribution in [0.15, 0.2) is 30.3 Å². The molecule has 1 saturated heterocycles. The fraction of sp³-hybridized carbons (Fsp3) is 0.632. The Morgan fingerprint density at radius 2 is 1.78 bits per heavy atom. The van der Waals surface area contributed by atoms with Gasteiger partial charge in [0.05, 0.1) is 0 Å². The van der Waals surface area contributed by atoms with Crippen LogP contribution in [-0.4, -0.2) is 53.7 Å². The number of carbonyl (C=O) groups excluding carboxylic acids is 1. The van der Waals surface area contributed by atoms with Gasteiger partial charge in [0.2, 0.25) is 0 Å². The van der Waals surface area contributed by atoms with Crippen LogP contribution >= 0.6 is 0 Å². The molecule has 0 aromatic heterocycles. The number of benzene rings is 1. The molecule has 1 aliphatic carbocycles. The van der Waals surface area contributed by atoms with Gasteiger partial charge in [-0.25, -0.2) is 4.79 Å². The number of piperazine rings is 1. The molecular weight excluding hydrogens is 288 g/mol. The third-order valence-electron chi connectivity index (χ3n) is 4.66. The second-order valence-electron chi connectivity index (χ2n) is 7.76. The first-order valence-corrected chi connectivity index (χ1v) is 8.68. The molecule has 1 saturated carbocycles. The fourth-order valence-electron chi connectivity index (χ4n) is 3.38. The van der Waals surface area contributed by atoms with E-state index in [9.17, 15) is 4.79 Å². The van der Waals surface area contributed by atoms with Crippen LogP contribution in [0.2, 0.25) is 0 Å². The average molecular weight is 316 g/mol. The highest BCUT2D eigenvalue weighted by molar-refractivity contribution is 5.68. The van der Waals surface area contributed by atoms with Crippen molar-refractivity contribution in [3.63, 3.8) is 0 Å². The van der Waals surface area contributed by atoms with Gasteiger partial charge in [-0.15, -0.1) is 0 Å². The lowest BCUT2D eigenvalue weighted by Crippen LogP contribution is -2.50. The van der Waals surface area contributed by atoms with E-state index in [4.69, 9.17) is 4.74 Å². The minimum absolute atomic E-state index is 0.172. The molecule has 2 fully saturated rings. The Hall–Kier alpha value is -1.55. The molecular formula is C19H28N2O2. The van der Waals surface area contributed by atoms with E-state index < -0.39 is 5.60 Å². The summed E-state index contributed by atoms with van der Waals surface area (Å²) >= 11 is 0. The number of hydrogen-bond acceptors (Lipinski definition) is 3. The van der Waals surface area contributed by atoms with Crippen molar-refractivity contribution in [1.82, 2.24) is 9.80 Å². The lowest BCUT2D eigenvalue weighted by molar-refractivity contribution is 0.0134. The normalized spacial score (nSPS) is 25.3. The van der Waals surface area contributed by atoms with E-state index in [1.54, 1.807) is 0 Å². The van der Waals surface area contributed by atoms with Crippen molar-refractivity contribution in [1.29, 1.82) is 0 Å². The van der Waals surface area contributed by atoms with Gasteiger partial charge < -0.3 is 9.64 Å². The Morgan fingerprint density at radius 1 is 1.13 bits per heavy atom. The van der Waals surface area contributed by atoms with Crippen molar-refractivity contribution in [2.24, 2.45) is 5.92 Å². The first kappa shape index (κ1) is 16.3. The summed E-state index contributed by atoms with van der Waals surface area (Å²) in [6, 6.07) is 11.4. The molecule has 23 heavy (non-hydrogen) atoms. The molecule has 1 aromatic rings. The predicted molar refractivity (Wildman–Crippen MR) is 91.4 cm³/mol. The maximum absolute atomic E-state index is 12.1. The zero-order valence-electron chi connectivity index (χ0n) is 14.5. The molecule has 0 unspecified atom stereocenters. The third-order valence-corrected chi connectivity index (χ3v) is 4.66. The summed E-state index contributed by atoms with van der Waals surface area (Å²) in [7, 11) is 0. The van der Waals surface area contributed by atoms with Gasteiger partial charge in [-0.05, 0) is 45.1 Å². The quantitative estimate of drug-likeness (QED) is 0.858. The second-order valence-corrected chi connectivity index (χ2v) is 7.76. The Balaban J connectivity index is 1.43. The van der Waals surface area contributed by atoms with Gasteiger partial charge >= 0.3 is 6.09 Å². The molecule has 4 heteroatoms. The molecule has 3 rings (SSSR count). The summed E-state index contributed by atoms with van der Waals surface area (Å²) in [6.07, 6.45) is 2.30. The van der Waals surface area contributed by atoms with E-state index in [1.807, 2.05) is 25.7 Å². The molecule has 1 amide bonds. The zero-order valence-corrected chi connectivity index (χ0v) is 14.5. The maximum Gasteiger partial charge on any atom is 0.410 e. The average Bonchev–Trinajstić information content (AvgIpc) is 3.26. The van der Waals surface area contributed by atoms with Crippen LogP contribution in [0.1, 0.15) is 32.8 Å². The number of amides is 1. The van der Waals surface area contributed by atoms with Gasteiger partial charge in [0.15, 0.2) is 0 Å². The smallest absolute Gasteiger partial charge is 0.410 e. The Morgan fingerprint density at radius 3 is 2.39 bits per heavy atom. The minimum atomic E-state index is -0.411. The highest BCUT2D eigenvalue weighted by Gasteiger charge is 2.42. The van der Waals surface area contributed by atoms with Gasteiger partial charge in [-0.3, -0.25) is 4.90 Å². The summed E-state index contributed by atoms with van der Waals surface area (Å²) in [5.41, 5.74) is 1.03. The molecule has 1 heterocycles. The Kier molecular flexibility index (Phi) is 4.62. The van der Waals surface area contributed by atoms with E-state index in [-0.39, 0.29) is 6.09 Å². The maximum atomic E-state index is 12.1. The standard InChI is InChI=1S/C19H28N2O2/c1-19(2,3)23-18(22)21-11-9-20(10-12-21)17-14-16(17)13-15-7-5-4-6-8-15/h4-8,16-17H,9-14H2,1-3H3/t16-,17-/m0/s1. The predicted octanol–water partition coefficient (Wildman–Crippen LogP) is 3.17. The van der Waals surface area contributed by atoms with Gasteiger partial charge in [0.25, 0.3) is 0 Å². The van der Waals surface area contributed by atoms with Crippen molar-refractivity contribution in [2.75, 3.05) is 26.2 Å². The number of hydrogen-bond donors (Lipinski definition) is 0. The molecule has 0 bridgehead atoms. The van der Waals surface area contributed by atoms with Crippen molar-refractivity contribution in [3.8, 4) is 0 Å². The second kappa shape index (κ2) is 6.52. The summed E-state index contributed by atoms with van der Waals surface area (Å²) < 4.78 is 5.46. The van der Waals surface area contributed by atoms with Crippen molar-refractivity contribution in [3.05, 3.63) is 35.9 Å². The van der Waals surface area contributed by atoms with Crippen LogP contribution in [-0.2, 0) is 11.2 Å². The van der Waals surface area contributed by atoms with Crippen molar-refractivity contribution < 1.29 is 9.53 Å². The molecule has 0 spiro atoms. The summed E-state index contributed by atoms with van der Waals surface area (Å²) in [5.74, 6) is 0.783. The van der Waals surface area contributed by atoms with Crippen molar-refractivity contribution >= 4 is 6.09 Å². The number of carbonyl (C=O) groups is 1. The summed E-state index contributed by atoms with van der Waals surface area (Å²) in [4.78, 5) is 16.5. The molecule has 1 aromatic carbocycles. The lowest BCUT2D eigenvalue weighted by atomic mass is 10.1. The SMILES string of the molecule is CC(C)(C)OC(=O)N1CCN([C@H]2C[C@@H]2Cc2ccccc2)CC1. The molecule has 0 radical (unpaired) electrons. The van der Waals surface area contributed by atoms with Crippen LogP contribution in [0.3, 0.4) is 0 Å². The van der Waals surface area contributed by atoms with Crippen LogP contribution < -0.4 is 0 Å². The van der Waals surface area contributed by atoms with E-state index in [0.717, 1.165) is 32.1 Å². The van der Waals surface area contributed by atoms with Gasteiger partial charge in [0.1, 0.15) is 5.60 Å². The fourth-order valence-corrected chi connectivity index (χ4v) is 3.38. The zero-order chi connectivity index (χ0) is 16.4. The molecule has 0 N–H and O–H groups in total. The molecule has 1 aliphatic heterocycles. The number of ether oxygens (including phenoxy) is 1. The number of rotatable bonds is 3. The van der Waals surface area contributed by atoms with Crippen LogP contribution in [0, 0.1) is 5.92 Å². The molecule has 2 atom stereocenters. The van der Waals surface area contributed by atoms with Crippen LogP contribution in [0.4, 0.5) is 4.79 Å². The third kappa shape index (κ3) is 4.47. The molecule has 2 aliphatic rings. The topological polar surface area (TPSA) is 32.8 Å². The molecule has 126 valence electrons. The Labute approximate surface area is 139 Å². The van der Waals surface area contributed by atoms with E-state index in [1.165, 1.54) is 18.4 Å². The Bertz CT molecular complexity index is 530. The number of nitrogens with zero attached hydrogens (tertiary/aromatic N) is 2. The van der Waals surface area contributed by atoms with Crippen LogP contribution in [0.25, 0.3) is 0 Å². The van der Waals surface area contributed by atoms with Crippen molar-refractivity contribution in [2.45, 2.75) is 45.3 Å². The van der Waals surface area contributed by atoms with Gasteiger partial charge in [-0.2, -0.15) is 0 Å². The van der Waals surface area contributed by atoms with E-state index >= 15 is 0 Å². The summed E-state index contributed by atoms with van der Waals surface area (Å²) in [5, 5.41) is 0. The summed E-state index contributed by atoms with van der Waals surface area (Å²) in [6.45, 7) is 9.25. The highest BCUT2D eigenvalue weighted by Crippen LogP contribution is 2.38. The molecule has 4 nitrogen and oxygen atoms in total. The monoisotopic (exact) mass is 316 g/mol. The first-order valence-electron chi connectivity index (χ1n) is 8.68. The van der Waals surface area contributed by atoms with E-state index in [2.05, 4.69) is 35.2 Å². The van der Waals surface area contributed by atoms with E-state index in [0.29, 0.717) is 6.04 Å². The minimum Gasteiger partial charge on any atom is -0.444 e. The largest absolute Gasteiger partial charge is 0.444 e. The van der Waals surface area contributed by atoms with Crippen LogP contribution in [0.5, 0.6) is 0 Å². The lowest BCUT2D eigenvalue weighted by Gasteiger charge is -2.36. The van der Waals surface area contributed by atoms with Gasteiger partial charge in [-0.1, -0.05) is 30.3 Å².